The average molecular weight is 362 g/mol. The number of hydrogen-bond donors (Lipinski definition) is 0. The zero-order chi connectivity index (χ0) is 19.5. The van der Waals surface area contributed by atoms with Crippen molar-refractivity contribution < 1.29 is 23.6 Å². The van der Waals surface area contributed by atoms with Gasteiger partial charge in [-0.25, -0.2) is 9.18 Å². The van der Waals surface area contributed by atoms with Crippen LogP contribution in [-0.2, 0) is 0 Å². The summed E-state index contributed by atoms with van der Waals surface area (Å²) in [4.78, 5) is 24.1. The Hall–Kier alpha value is -3.16. The summed E-state index contributed by atoms with van der Waals surface area (Å²) in [5.41, 5.74) is -0.908. The third-order valence-corrected chi connectivity index (χ3v) is 3.64. The van der Waals surface area contributed by atoms with E-state index in [9.17, 15) is 19.3 Å². The Morgan fingerprint density at radius 2 is 1.81 bits per heavy atom. The van der Waals surface area contributed by atoms with Crippen LogP contribution in [-0.4, -0.2) is 28.5 Å². The Labute approximate surface area is 150 Å². The van der Waals surface area contributed by atoms with Gasteiger partial charge in [-0.1, -0.05) is 6.07 Å². The van der Waals surface area contributed by atoms with Gasteiger partial charge in [0.05, 0.1) is 4.92 Å². The van der Waals surface area contributed by atoms with Crippen molar-refractivity contribution >= 4 is 11.8 Å². The van der Waals surface area contributed by atoms with Gasteiger partial charge in [0, 0.05) is 30.8 Å². The summed E-state index contributed by atoms with van der Waals surface area (Å²) in [5.74, 6) is -0.363. The zero-order valence-corrected chi connectivity index (χ0v) is 14.9. The topological polar surface area (TPSA) is 81.9 Å². The predicted octanol–water partition coefficient (Wildman–Crippen LogP) is 4.76. The number of halogens is 1. The second kappa shape index (κ2) is 7.38. The Morgan fingerprint density at radius 3 is 2.38 bits per heavy atom. The maximum atomic E-state index is 13.2. The molecule has 2 aromatic carbocycles. The average Bonchev–Trinajstić information content (AvgIpc) is 2.53. The van der Waals surface area contributed by atoms with E-state index in [1.54, 1.807) is 20.8 Å². The van der Waals surface area contributed by atoms with Crippen molar-refractivity contribution in [2.45, 2.75) is 26.3 Å². The van der Waals surface area contributed by atoms with Gasteiger partial charge in [-0.2, -0.15) is 0 Å². The van der Waals surface area contributed by atoms with Crippen LogP contribution in [0.3, 0.4) is 0 Å². The van der Waals surface area contributed by atoms with Crippen LogP contribution in [0.2, 0.25) is 0 Å². The van der Waals surface area contributed by atoms with Crippen molar-refractivity contribution in [1.82, 2.24) is 4.90 Å². The summed E-state index contributed by atoms with van der Waals surface area (Å²) >= 11 is 0. The number of carbonyl (C=O) groups is 1. The fourth-order valence-corrected chi connectivity index (χ4v) is 1.89. The molecule has 2 aromatic rings. The third-order valence-electron chi connectivity index (χ3n) is 3.64. The van der Waals surface area contributed by atoms with Crippen LogP contribution in [0.4, 0.5) is 14.9 Å². The molecule has 0 unspecified atom stereocenters. The largest absolute Gasteiger partial charge is 0.457 e. The van der Waals surface area contributed by atoms with Crippen molar-refractivity contribution in [2.75, 3.05) is 7.05 Å². The first kappa shape index (κ1) is 19.2. The summed E-state index contributed by atoms with van der Waals surface area (Å²) in [6.07, 6.45) is -0.747. The quantitative estimate of drug-likeness (QED) is 0.579. The van der Waals surface area contributed by atoms with Crippen LogP contribution in [0.5, 0.6) is 17.2 Å². The monoisotopic (exact) mass is 362 g/mol. The maximum absolute atomic E-state index is 13.2. The fourth-order valence-electron chi connectivity index (χ4n) is 1.89. The Morgan fingerprint density at radius 1 is 1.15 bits per heavy atom. The van der Waals surface area contributed by atoms with Gasteiger partial charge in [0.2, 0.25) is 5.75 Å². The summed E-state index contributed by atoms with van der Waals surface area (Å²) < 4.78 is 23.9. The standard InChI is InChI=1S/C18H19FN2O5/c1-18(2,3)20(4)17(22)26-16-11-14(8-9-15(16)21(23)24)25-13-7-5-6-12(19)10-13/h5-11H,1-4H3. The van der Waals surface area contributed by atoms with Gasteiger partial charge in [-0.05, 0) is 39.0 Å². The van der Waals surface area contributed by atoms with Gasteiger partial charge in [0.15, 0.2) is 0 Å². The van der Waals surface area contributed by atoms with Crippen LogP contribution in [0.25, 0.3) is 0 Å². The molecule has 7 nitrogen and oxygen atoms in total. The van der Waals surface area contributed by atoms with Crippen LogP contribution in [0, 0.1) is 15.9 Å². The van der Waals surface area contributed by atoms with Gasteiger partial charge in [0.25, 0.3) is 0 Å². The first-order chi connectivity index (χ1) is 12.1. The van der Waals surface area contributed by atoms with E-state index in [1.807, 2.05) is 0 Å². The molecule has 0 fully saturated rings. The lowest BCUT2D eigenvalue weighted by atomic mass is 10.1. The lowest BCUT2D eigenvalue weighted by molar-refractivity contribution is -0.385. The number of hydrogen-bond acceptors (Lipinski definition) is 5. The molecule has 0 heterocycles. The summed E-state index contributed by atoms with van der Waals surface area (Å²) in [5, 5.41) is 11.2. The highest BCUT2D eigenvalue weighted by Crippen LogP contribution is 2.34. The molecule has 0 aliphatic heterocycles. The SMILES string of the molecule is CN(C(=O)Oc1cc(Oc2cccc(F)c2)ccc1[N+](=O)[O-])C(C)(C)C. The van der Waals surface area contributed by atoms with E-state index < -0.39 is 22.4 Å². The minimum atomic E-state index is -0.747. The molecule has 0 radical (unpaired) electrons. The van der Waals surface area contributed by atoms with Gasteiger partial charge >= 0.3 is 11.8 Å². The zero-order valence-electron chi connectivity index (χ0n) is 14.9. The summed E-state index contributed by atoms with van der Waals surface area (Å²) in [6, 6.07) is 9.15. The van der Waals surface area contributed by atoms with Crippen LogP contribution < -0.4 is 9.47 Å². The van der Waals surface area contributed by atoms with Crippen molar-refractivity contribution in [2.24, 2.45) is 0 Å². The number of nitrogens with zero attached hydrogens (tertiary/aromatic N) is 2. The maximum Gasteiger partial charge on any atom is 0.415 e. The van der Waals surface area contributed by atoms with Gasteiger partial charge < -0.3 is 14.4 Å². The first-order valence-electron chi connectivity index (χ1n) is 7.75. The molecule has 2 rings (SSSR count). The van der Waals surface area contributed by atoms with E-state index >= 15 is 0 Å². The van der Waals surface area contributed by atoms with Crippen LogP contribution >= 0.6 is 0 Å². The second-order valence-corrected chi connectivity index (χ2v) is 6.54. The van der Waals surface area contributed by atoms with E-state index in [0.29, 0.717) is 0 Å². The highest BCUT2D eigenvalue weighted by atomic mass is 19.1. The van der Waals surface area contributed by atoms with Gasteiger partial charge in [-0.15, -0.1) is 0 Å². The minimum absolute atomic E-state index is 0.169. The molecule has 8 heteroatoms. The van der Waals surface area contributed by atoms with Crippen LogP contribution in [0.15, 0.2) is 42.5 Å². The highest BCUT2D eigenvalue weighted by molar-refractivity contribution is 5.73. The molecule has 0 saturated carbocycles. The number of amides is 1. The summed E-state index contributed by atoms with van der Waals surface area (Å²) in [6.45, 7) is 5.39. The molecule has 0 aromatic heterocycles. The van der Waals surface area contributed by atoms with E-state index in [4.69, 9.17) is 9.47 Å². The number of nitro benzene ring substituents is 1. The molecule has 0 saturated heterocycles. The molecule has 1 amide bonds. The van der Waals surface area contributed by atoms with E-state index in [1.165, 1.54) is 48.3 Å². The van der Waals surface area contributed by atoms with Crippen molar-refractivity contribution in [1.29, 1.82) is 0 Å². The predicted molar refractivity (Wildman–Crippen MR) is 93.1 cm³/mol. The third kappa shape index (κ3) is 4.69. The molecule has 0 N–H and O–H groups in total. The van der Waals surface area contributed by atoms with E-state index in [2.05, 4.69) is 0 Å². The second-order valence-electron chi connectivity index (χ2n) is 6.54. The fraction of sp³-hybridized carbons (Fsp3) is 0.278. The Balaban J connectivity index is 2.31. The van der Waals surface area contributed by atoms with Crippen molar-refractivity contribution in [3.8, 4) is 17.2 Å². The number of nitro groups is 1. The molecule has 0 aliphatic rings. The molecular formula is C18H19FN2O5. The molecule has 138 valence electrons. The molecule has 0 atom stereocenters. The first-order valence-corrected chi connectivity index (χ1v) is 7.75. The minimum Gasteiger partial charge on any atom is -0.457 e. The number of carbonyl (C=O) groups excluding carboxylic acids is 1. The van der Waals surface area contributed by atoms with E-state index in [0.717, 1.165) is 6.07 Å². The number of ether oxygens (including phenoxy) is 2. The number of rotatable bonds is 4. The smallest absolute Gasteiger partial charge is 0.415 e. The Kier molecular flexibility index (Phi) is 5.44. The Bertz CT molecular complexity index is 833. The van der Waals surface area contributed by atoms with E-state index in [-0.39, 0.29) is 22.9 Å². The molecule has 0 spiro atoms. The molecule has 26 heavy (non-hydrogen) atoms. The number of benzene rings is 2. The molecule has 0 aliphatic carbocycles. The molecular weight excluding hydrogens is 343 g/mol. The highest BCUT2D eigenvalue weighted by Gasteiger charge is 2.27. The van der Waals surface area contributed by atoms with Crippen molar-refractivity contribution in [3.05, 3.63) is 58.4 Å². The lowest BCUT2D eigenvalue weighted by Gasteiger charge is -2.30. The van der Waals surface area contributed by atoms with Crippen LogP contribution in [0.1, 0.15) is 20.8 Å². The van der Waals surface area contributed by atoms with Gasteiger partial charge in [-0.3, -0.25) is 10.1 Å². The van der Waals surface area contributed by atoms with Gasteiger partial charge in [0.1, 0.15) is 17.3 Å². The normalized spacial score (nSPS) is 11.0. The lowest BCUT2D eigenvalue weighted by Crippen LogP contribution is -2.44. The molecule has 0 bridgehead atoms. The summed E-state index contributed by atoms with van der Waals surface area (Å²) in [7, 11) is 1.53. The van der Waals surface area contributed by atoms with Crippen molar-refractivity contribution in [3.63, 3.8) is 0 Å².